The fourth-order valence-electron chi connectivity index (χ4n) is 4.06. The highest BCUT2D eigenvalue weighted by molar-refractivity contribution is 7.92. The number of sulfonamides is 1. The van der Waals surface area contributed by atoms with Gasteiger partial charge in [-0.3, -0.25) is 13.9 Å². The summed E-state index contributed by atoms with van der Waals surface area (Å²) in [6, 6.07) is 32.0. The van der Waals surface area contributed by atoms with Crippen LogP contribution in [0.1, 0.15) is 40.0 Å². The van der Waals surface area contributed by atoms with Crippen LogP contribution in [0, 0.1) is 0 Å². The van der Waals surface area contributed by atoms with Gasteiger partial charge in [0.05, 0.1) is 30.7 Å². The van der Waals surface area contributed by atoms with E-state index in [1.165, 1.54) is 10.5 Å². The number of hydrazone groups is 1. The molecule has 0 unspecified atom stereocenters. The minimum atomic E-state index is -3.50. The van der Waals surface area contributed by atoms with Crippen molar-refractivity contribution >= 4 is 33.7 Å². The third-order valence-electron chi connectivity index (χ3n) is 6.29. The van der Waals surface area contributed by atoms with Gasteiger partial charge < -0.3 is 10.1 Å². The van der Waals surface area contributed by atoms with Gasteiger partial charge in [0.2, 0.25) is 10.0 Å². The second kappa shape index (κ2) is 14.1. The predicted molar refractivity (Wildman–Crippen MR) is 164 cm³/mol. The van der Waals surface area contributed by atoms with Crippen molar-refractivity contribution in [1.29, 1.82) is 0 Å². The molecule has 2 N–H and O–H groups in total. The smallest absolute Gasteiger partial charge is 0.271 e. The summed E-state index contributed by atoms with van der Waals surface area (Å²) in [7, 11) is -3.50. The molecule has 0 saturated carbocycles. The van der Waals surface area contributed by atoms with Gasteiger partial charge in [-0.2, -0.15) is 5.10 Å². The molecule has 2 amide bonds. The summed E-state index contributed by atoms with van der Waals surface area (Å²) >= 11 is 0. The summed E-state index contributed by atoms with van der Waals surface area (Å²) in [5.41, 5.74) is 5.90. The normalized spacial score (nSPS) is 12.0. The molecule has 0 aliphatic rings. The maximum absolute atomic E-state index is 12.5. The minimum absolute atomic E-state index is 0.113. The molecule has 1 atom stereocenters. The molecule has 4 aromatic rings. The molecule has 0 fully saturated rings. The first-order chi connectivity index (χ1) is 20.2. The molecule has 0 aliphatic carbocycles. The molecule has 0 heterocycles. The second-order valence-corrected chi connectivity index (χ2v) is 11.5. The molecule has 0 aliphatic heterocycles. The van der Waals surface area contributed by atoms with Crippen LogP contribution < -0.4 is 19.8 Å². The quantitative estimate of drug-likeness (QED) is 0.185. The Labute approximate surface area is 245 Å². The van der Waals surface area contributed by atoms with Crippen LogP contribution in [0.4, 0.5) is 5.69 Å². The van der Waals surface area contributed by atoms with Crippen molar-refractivity contribution in [2.75, 3.05) is 17.2 Å². The largest absolute Gasteiger partial charge is 0.484 e. The number of carbonyl (C=O) groups excluding carboxylic acids is 2. The number of rotatable bonds is 12. The average molecular weight is 585 g/mol. The minimum Gasteiger partial charge on any atom is -0.484 e. The molecule has 42 heavy (non-hydrogen) atoms. The average Bonchev–Trinajstić information content (AvgIpc) is 3.00. The summed E-state index contributed by atoms with van der Waals surface area (Å²) in [6.07, 6.45) is 2.65. The number of nitrogens with zero attached hydrogens (tertiary/aromatic N) is 2. The number of para-hydroxylation sites is 1. The summed E-state index contributed by atoms with van der Waals surface area (Å²) in [5, 5.41) is 6.91. The van der Waals surface area contributed by atoms with Gasteiger partial charge >= 0.3 is 0 Å². The Morgan fingerprint density at radius 3 is 2.12 bits per heavy atom. The Morgan fingerprint density at radius 2 is 1.50 bits per heavy atom. The number of amides is 2. The van der Waals surface area contributed by atoms with Crippen molar-refractivity contribution in [3.05, 3.63) is 131 Å². The first kappa shape index (κ1) is 30.0. The molecule has 0 radical (unpaired) electrons. The number of hydrogen-bond acceptors (Lipinski definition) is 6. The van der Waals surface area contributed by atoms with Gasteiger partial charge in [-0.05, 0) is 72.1 Å². The third kappa shape index (κ3) is 8.77. The number of benzene rings is 4. The van der Waals surface area contributed by atoms with E-state index >= 15 is 0 Å². The van der Waals surface area contributed by atoms with Crippen LogP contribution in [0.2, 0.25) is 0 Å². The fraction of sp³-hybridized carbons (Fsp3) is 0.156. The summed E-state index contributed by atoms with van der Waals surface area (Å²) in [4.78, 5) is 24.8. The standard InChI is InChI=1S/C32H32N4O5S/c1-24(27-9-5-3-6-10-27)34-31(37)23-41-30-19-15-25(16-20-30)21-33-35-32(38)28-17-13-26(14-18-28)22-36(42(2,39)40)29-11-7-4-8-12-29/h3-21,24H,22-23H2,1-2H3,(H,34,37)(H,35,38)/b33-21-/t24-/m0/s1. The van der Waals surface area contributed by atoms with Crippen molar-refractivity contribution in [3.63, 3.8) is 0 Å². The predicted octanol–water partition coefficient (Wildman–Crippen LogP) is 4.67. The Hall–Kier alpha value is -4.96. The first-order valence-corrected chi connectivity index (χ1v) is 15.1. The Kier molecular flexibility index (Phi) is 10.1. The lowest BCUT2D eigenvalue weighted by atomic mass is 10.1. The van der Waals surface area contributed by atoms with Crippen molar-refractivity contribution in [2.45, 2.75) is 19.5 Å². The van der Waals surface area contributed by atoms with E-state index < -0.39 is 15.9 Å². The summed E-state index contributed by atoms with van der Waals surface area (Å²) in [6.45, 7) is 1.94. The molecule has 10 heteroatoms. The van der Waals surface area contributed by atoms with Gasteiger partial charge in [0.25, 0.3) is 11.8 Å². The molecule has 0 aromatic heterocycles. The van der Waals surface area contributed by atoms with E-state index in [0.29, 0.717) is 17.0 Å². The second-order valence-electron chi connectivity index (χ2n) is 9.56. The number of ether oxygens (including phenoxy) is 1. The zero-order valence-electron chi connectivity index (χ0n) is 23.3. The lowest BCUT2D eigenvalue weighted by molar-refractivity contribution is -0.123. The molecule has 9 nitrogen and oxygen atoms in total. The van der Waals surface area contributed by atoms with E-state index in [-0.39, 0.29) is 25.1 Å². The number of anilines is 1. The third-order valence-corrected chi connectivity index (χ3v) is 7.43. The molecule has 216 valence electrons. The number of hydrogen-bond donors (Lipinski definition) is 2. The van der Waals surface area contributed by atoms with Gasteiger partial charge in [0.1, 0.15) is 5.75 Å². The topological polar surface area (TPSA) is 117 Å². The van der Waals surface area contributed by atoms with Gasteiger partial charge in [0, 0.05) is 5.56 Å². The van der Waals surface area contributed by atoms with Gasteiger partial charge in [-0.1, -0.05) is 60.7 Å². The Balaban J connectivity index is 1.25. The SMILES string of the molecule is C[C@H](NC(=O)COc1ccc(/C=N\NC(=O)c2ccc(CN(c3ccccc3)S(C)(=O)=O)cc2)cc1)c1ccccc1. The maximum Gasteiger partial charge on any atom is 0.271 e. The maximum atomic E-state index is 12.5. The van der Waals surface area contributed by atoms with Crippen molar-refractivity contribution in [2.24, 2.45) is 5.10 Å². The van der Waals surface area contributed by atoms with Crippen molar-refractivity contribution in [1.82, 2.24) is 10.7 Å². The van der Waals surface area contributed by atoms with E-state index in [4.69, 9.17) is 4.74 Å². The Morgan fingerprint density at radius 1 is 0.881 bits per heavy atom. The van der Waals surface area contributed by atoms with E-state index in [1.807, 2.05) is 43.3 Å². The number of carbonyl (C=O) groups is 2. The molecular formula is C32H32N4O5S. The Bertz CT molecular complexity index is 1610. The molecule has 4 rings (SSSR count). The molecule has 4 aromatic carbocycles. The van der Waals surface area contributed by atoms with Crippen LogP contribution in [-0.4, -0.2) is 39.3 Å². The van der Waals surface area contributed by atoms with Gasteiger partial charge in [0.15, 0.2) is 6.61 Å². The van der Waals surface area contributed by atoms with Gasteiger partial charge in [-0.15, -0.1) is 0 Å². The van der Waals surface area contributed by atoms with E-state index in [1.54, 1.807) is 72.8 Å². The van der Waals surface area contributed by atoms with Crippen LogP contribution in [0.3, 0.4) is 0 Å². The van der Waals surface area contributed by atoms with Crippen LogP contribution in [0.5, 0.6) is 5.75 Å². The fourth-order valence-corrected chi connectivity index (χ4v) is 4.95. The molecule has 0 saturated heterocycles. The number of nitrogens with one attached hydrogen (secondary N) is 2. The van der Waals surface area contributed by atoms with Crippen molar-refractivity contribution < 1.29 is 22.7 Å². The molecule has 0 bridgehead atoms. The van der Waals surface area contributed by atoms with Crippen LogP contribution in [0.25, 0.3) is 0 Å². The van der Waals surface area contributed by atoms with Crippen LogP contribution in [0.15, 0.2) is 114 Å². The lowest BCUT2D eigenvalue weighted by Crippen LogP contribution is -2.31. The van der Waals surface area contributed by atoms with E-state index in [0.717, 1.165) is 22.9 Å². The zero-order chi connectivity index (χ0) is 30.0. The molecule has 0 spiro atoms. The lowest BCUT2D eigenvalue weighted by Gasteiger charge is -2.22. The molecular weight excluding hydrogens is 552 g/mol. The monoisotopic (exact) mass is 584 g/mol. The highest BCUT2D eigenvalue weighted by Gasteiger charge is 2.18. The zero-order valence-corrected chi connectivity index (χ0v) is 24.1. The van der Waals surface area contributed by atoms with Crippen LogP contribution in [-0.2, 0) is 21.4 Å². The van der Waals surface area contributed by atoms with Crippen molar-refractivity contribution in [3.8, 4) is 5.75 Å². The van der Waals surface area contributed by atoms with E-state index in [2.05, 4.69) is 15.8 Å². The first-order valence-electron chi connectivity index (χ1n) is 13.2. The summed E-state index contributed by atoms with van der Waals surface area (Å²) < 4.78 is 31.5. The highest BCUT2D eigenvalue weighted by Crippen LogP contribution is 2.20. The highest BCUT2D eigenvalue weighted by atomic mass is 32.2. The van der Waals surface area contributed by atoms with Crippen LogP contribution >= 0.6 is 0 Å². The summed E-state index contributed by atoms with van der Waals surface area (Å²) in [5.74, 6) is -0.103. The van der Waals surface area contributed by atoms with E-state index in [9.17, 15) is 18.0 Å². The van der Waals surface area contributed by atoms with Gasteiger partial charge in [-0.25, -0.2) is 13.8 Å².